The molecule has 18 heavy (non-hydrogen) atoms. The number of hydrogen-bond acceptors (Lipinski definition) is 2. The highest BCUT2D eigenvalue weighted by Gasteiger charge is 2.36. The van der Waals surface area contributed by atoms with E-state index in [2.05, 4.69) is 12.1 Å². The lowest BCUT2D eigenvalue weighted by atomic mass is 9.83. The van der Waals surface area contributed by atoms with Crippen LogP contribution in [0.5, 0.6) is 0 Å². The Labute approximate surface area is 106 Å². The summed E-state index contributed by atoms with van der Waals surface area (Å²) >= 11 is 0. The van der Waals surface area contributed by atoms with Gasteiger partial charge in [-0.25, -0.2) is 0 Å². The lowest BCUT2D eigenvalue weighted by Gasteiger charge is -2.40. The molecule has 4 nitrogen and oxygen atoms in total. The molecule has 0 saturated carbocycles. The normalized spacial score (nSPS) is 29.4. The molecule has 2 aliphatic rings. The van der Waals surface area contributed by atoms with Crippen LogP contribution >= 0.6 is 0 Å². The number of likely N-dealkylation sites (tertiary alicyclic amines) is 1. The Morgan fingerprint density at radius 2 is 2.33 bits per heavy atom. The van der Waals surface area contributed by atoms with Crippen molar-refractivity contribution in [3.8, 4) is 6.07 Å². The van der Waals surface area contributed by atoms with Crippen LogP contribution in [0, 0.1) is 17.2 Å². The highest BCUT2D eigenvalue weighted by molar-refractivity contribution is 5.15. The van der Waals surface area contributed by atoms with Crippen molar-refractivity contribution in [3.63, 3.8) is 0 Å². The fourth-order valence-electron chi connectivity index (χ4n) is 3.56. The molecule has 0 aliphatic carbocycles. The summed E-state index contributed by atoms with van der Waals surface area (Å²) in [5.74, 6) is 1.10. The highest BCUT2D eigenvalue weighted by atomic mass is 16.1. The predicted molar refractivity (Wildman–Crippen MR) is 67.3 cm³/mol. The van der Waals surface area contributed by atoms with Gasteiger partial charge in [0.1, 0.15) is 0 Å². The van der Waals surface area contributed by atoms with Crippen LogP contribution in [-0.2, 0) is 6.54 Å². The van der Waals surface area contributed by atoms with Gasteiger partial charge < -0.3 is 9.47 Å². The standard InChI is InChI=1S/C14H17N3O/c15-5-2-6-16-8-11-7-12(10-16)13-3-1-4-14(18)17(13)9-11/h1,3-4,11-12H,2,6-10H2/p+1/t11-,12+/m0/s1. The van der Waals surface area contributed by atoms with E-state index >= 15 is 0 Å². The molecule has 2 aliphatic heterocycles. The van der Waals surface area contributed by atoms with Crippen molar-refractivity contribution in [1.82, 2.24) is 4.57 Å². The first-order chi connectivity index (χ1) is 8.78. The SMILES string of the molecule is N#CCC[NH+]1C[C@@H]2C[C@H](C1)c1cccc(=O)n1C2. The summed E-state index contributed by atoms with van der Waals surface area (Å²) in [6.07, 6.45) is 1.84. The Morgan fingerprint density at radius 3 is 3.17 bits per heavy atom. The average Bonchev–Trinajstić information content (AvgIpc) is 2.38. The van der Waals surface area contributed by atoms with E-state index in [-0.39, 0.29) is 5.56 Å². The van der Waals surface area contributed by atoms with Gasteiger partial charge in [-0.15, -0.1) is 0 Å². The first kappa shape index (κ1) is 11.5. The highest BCUT2D eigenvalue weighted by Crippen LogP contribution is 2.29. The first-order valence-electron chi connectivity index (χ1n) is 6.68. The van der Waals surface area contributed by atoms with Crippen LogP contribution in [0.4, 0.5) is 0 Å². The maximum atomic E-state index is 11.9. The van der Waals surface area contributed by atoms with Crippen molar-refractivity contribution < 1.29 is 4.90 Å². The molecule has 3 rings (SSSR count). The van der Waals surface area contributed by atoms with Crippen molar-refractivity contribution >= 4 is 0 Å². The Bertz CT molecular complexity index is 543. The van der Waals surface area contributed by atoms with E-state index in [4.69, 9.17) is 5.26 Å². The number of nitrogens with one attached hydrogen (secondary N) is 1. The lowest BCUT2D eigenvalue weighted by molar-refractivity contribution is -0.910. The van der Waals surface area contributed by atoms with E-state index in [1.807, 2.05) is 10.6 Å². The number of aromatic nitrogens is 1. The summed E-state index contributed by atoms with van der Waals surface area (Å²) in [5, 5.41) is 8.69. The Hall–Kier alpha value is -1.60. The number of hydrogen-bond donors (Lipinski definition) is 1. The number of nitriles is 1. The van der Waals surface area contributed by atoms with Crippen LogP contribution in [0.15, 0.2) is 23.0 Å². The fourth-order valence-corrected chi connectivity index (χ4v) is 3.56. The largest absolute Gasteiger partial charge is 0.333 e. The minimum Gasteiger partial charge on any atom is -0.333 e. The van der Waals surface area contributed by atoms with Gasteiger partial charge in [0.15, 0.2) is 0 Å². The van der Waals surface area contributed by atoms with E-state index in [1.54, 1.807) is 6.07 Å². The van der Waals surface area contributed by atoms with Gasteiger partial charge in [-0.1, -0.05) is 6.07 Å². The Balaban J connectivity index is 1.86. The zero-order chi connectivity index (χ0) is 12.5. The van der Waals surface area contributed by atoms with Gasteiger partial charge in [0, 0.05) is 30.1 Å². The molecule has 1 unspecified atom stereocenters. The summed E-state index contributed by atoms with van der Waals surface area (Å²) in [7, 11) is 0. The molecule has 1 fully saturated rings. The van der Waals surface area contributed by atoms with Gasteiger partial charge in [0.2, 0.25) is 0 Å². The maximum Gasteiger partial charge on any atom is 0.250 e. The number of fused-ring (bicyclic) bond motifs is 4. The van der Waals surface area contributed by atoms with Crippen molar-refractivity contribution in [2.24, 2.45) is 5.92 Å². The quantitative estimate of drug-likeness (QED) is 0.781. The third-order valence-electron chi connectivity index (χ3n) is 4.26. The van der Waals surface area contributed by atoms with Crippen LogP contribution in [0.1, 0.15) is 24.5 Å². The van der Waals surface area contributed by atoms with Gasteiger partial charge in [-0.3, -0.25) is 4.79 Å². The average molecular weight is 244 g/mol. The number of nitrogens with zero attached hydrogens (tertiary/aromatic N) is 2. The molecule has 4 heteroatoms. The van der Waals surface area contributed by atoms with Crippen LogP contribution in [0.3, 0.4) is 0 Å². The van der Waals surface area contributed by atoms with Gasteiger partial charge in [0.05, 0.1) is 32.1 Å². The number of rotatable bonds is 2. The smallest absolute Gasteiger partial charge is 0.250 e. The zero-order valence-corrected chi connectivity index (χ0v) is 10.4. The summed E-state index contributed by atoms with van der Waals surface area (Å²) in [6, 6.07) is 7.86. The minimum absolute atomic E-state index is 0.141. The molecule has 0 radical (unpaired) electrons. The van der Waals surface area contributed by atoms with E-state index in [1.165, 1.54) is 17.0 Å². The van der Waals surface area contributed by atoms with Crippen molar-refractivity contribution in [2.75, 3.05) is 19.6 Å². The van der Waals surface area contributed by atoms with Gasteiger partial charge >= 0.3 is 0 Å². The summed E-state index contributed by atoms with van der Waals surface area (Å²) in [5.41, 5.74) is 1.34. The molecule has 1 aromatic rings. The van der Waals surface area contributed by atoms with Crippen LogP contribution in [0.2, 0.25) is 0 Å². The molecule has 2 bridgehead atoms. The zero-order valence-electron chi connectivity index (χ0n) is 10.4. The molecule has 1 aromatic heterocycles. The molecule has 1 N–H and O–H groups in total. The monoisotopic (exact) mass is 244 g/mol. The number of quaternary nitrogens is 1. The fraction of sp³-hybridized carbons (Fsp3) is 0.571. The topological polar surface area (TPSA) is 50.2 Å². The second-order valence-corrected chi connectivity index (χ2v) is 5.51. The Kier molecular flexibility index (Phi) is 2.92. The second-order valence-electron chi connectivity index (χ2n) is 5.51. The Morgan fingerprint density at radius 1 is 1.44 bits per heavy atom. The molecule has 0 aromatic carbocycles. The number of pyridine rings is 1. The van der Waals surface area contributed by atoms with Crippen molar-refractivity contribution in [3.05, 3.63) is 34.2 Å². The third-order valence-corrected chi connectivity index (χ3v) is 4.26. The molecular formula is C14H18N3O+. The van der Waals surface area contributed by atoms with E-state index in [9.17, 15) is 4.79 Å². The second kappa shape index (κ2) is 4.58. The summed E-state index contributed by atoms with van der Waals surface area (Å²) < 4.78 is 1.96. The van der Waals surface area contributed by atoms with Crippen LogP contribution in [0.25, 0.3) is 0 Å². The minimum atomic E-state index is 0.141. The van der Waals surface area contributed by atoms with Gasteiger partial charge in [-0.2, -0.15) is 5.26 Å². The molecule has 1 saturated heterocycles. The molecule has 0 amide bonds. The molecule has 3 heterocycles. The van der Waals surface area contributed by atoms with Crippen molar-refractivity contribution in [2.45, 2.75) is 25.3 Å². The predicted octanol–water partition coefficient (Wildman–Crippen LogP) is -0.236. The van der Waals surface area contributed by atoms with Crippen LogP contribution in [-0.4, -0.2) is 24.2 Å². The summed E-state index contributed by atoms with van der Waals surface area (Å²) in [4.78, 5) is 13.4. The van der Waals surface area contributed by atoms with Gasteiger partial charge in [-0.05, 0) is 12.5 Å². The maximum absolute atomic E-state index is 11.9. The molecule has 0 spiro atoms. The third kappa shape index (κ3) is 1.95. The first-order valence-corrected chi connectivity index (χ1v) is 6.68. The van der Waals surface area contributed by atoms with E-state index in [0.717, 1.165) is 26.2 Å². The molecule has 3 atom stereocenters. The molecular weight excluding hydrogens is 226 g/mol. The lowest BCUT2D eigenvalue weighted by Crippen LogP contribution is -3.14. The molecule has 94 valence electrons. The van der Waals surface area contributed by atoms with E-state index < -0.39 is 0 Å². The number of piperidine rings is 1. The van der Waals surface area contributed by atoms with Crippen LogP contribution < -0.4 is 10.5 Å². The van der Waals surface area contributed by atoms with Gasteiger partial charge in [0.25, 0.3) is 5.56 Å². The van der Waals surface area contributed by atoms with Crippen molar-refractivity contribution in [1.29, 1.82) is 5.26 Å². The summed E-state index contributed by atoms with van der Waals surface area (Å²) in [6.45, 7) is 3.99. The van der Waals surface area contributed by atoms with E-state index in [0.29, 0.717) is 18.3 Å².